The number of hydrogen-bond acceptors (Lipinski definition) is 8. The average molecular weight is 419 g/mol. The predicted molar refractivity (Wildman–Crippen MR) is 122 cm³/mol. The number of nitrogen functional groups attached to an aromatic ring is 1. The fraction of sp³-hybridized carbons (Fsp3) is 0.261. The highest BCUT2D eigenvalue weighted by molar-refractivity contribution is 6.10. The molecular weight excluding hydrogens is 394 g/mol. The number of rotatable bonds is 8. The van der Waals surface area contributed by atoms with E-state index >= 15 is 0 Å². The quantitative estimate of drug-likeness (QED) is 0.331. The number of ether oxygens (including phenoxy) is 3. The first-order valence-electron chi connectivity index (χ1n) is 10.0. The number of benzene rings is 1. The summed E-state index contributed by atoms with van der Waals surface area (Å²) in [5, 5.41) is 5.82. The summed E-state index contributed by atoms with van der Waals surface area (Å²) in [7, 11) is 3.21. The first-order chi connectivity index (χ1) is 15.1. The summed E-state index contributed by atoms with van der Waals surface area (Å²) in [5.41, 5.74) is 8.60. The number of pyridine rings is 3. The maximum atomic E-state index is 6.30. The number of nitrogens with zero attached hydrogens (tertiary/aromatic N) is 3. The lowest BCUT2D eigenvalue weighted by Gasteiger charge is -2.12. The van der Waals surface area contributed by atoms with E-state index in [1.165, 1.54) is 0 Å². The van der Waals surface area contributed by atoms with Crippen molar-refractivity contribution in [1.82, 2.24) is 20.3 Å². The minimum Gasteiger partial charge on any atom is -0.493 e. The molecule has 3 heterocycles. The molecule has 0 saturated carbocycles. The van der Waals surface area contributed by atoms with Crippen molar-refractivity contribution in [2.24, 2.45) is 0 Å². The number of fused-ring (bicyclic) bond motifs is 3. The van der Waals surface area contributed by atoms with Crippen LogP contribution in [0.25, 0.3) is 32.9 Å². The highest BCUT2D eigenvalue weighted by Gasteiger charge is 2.14. The Bertz CT molecular complexity index is 1230. The van der Waals surface area contributed by atoms with Crippen molar-refractivity contribution < 1.29 is 14.2 Å². The topological polar surface area (TPSA) is 104 Å². The molecule has 8 heteroatoms. The number of methoxy groups -OCH3 is 2. The molecule has 0 atom stereocenters. The zero-order valence-electron chi connectivity index (χ0n) is 17.8. The molecule has 1 aromatic carbocycles. The Morgan fingerprint density at radius 3 is 2.52 bits per heavy atom. The van der Waals surface area contributed by atoms with E-state index in [9.17, 15) is 0 Å². The first-order valence-corrected chi connectivity index (χ1v) is 10.0. The van der Waals surface area contributed by atoms with Gasteiger partial charge in [-0.2, -0.15) is 0 Å². The molecule has 0 aliphatic rings. The molecule has 0 spiro atoms. The van der Waals surface area contributed by atoms with Crippen molar-refractivity contribution in [3.8, 4) is 28.5 Å². The van der Waals surface area contributed by atoms with Gasteiger partial charge in [0.2, 0.25) is 0 Å². The fourth-order valence-electron chi connectivity index (χ4n) is 3.46. The molecule has 0 radical (unpaired) electrons. The van der Waals surface area contributed by atoms with Crippen molar-refractivity contribution in [3.05, 3.63) is 42.9 Å². The van der Waals surface area contributed by atoms with E-state index in [1.54, 1.807) is 32.8 Å². The van der Waals surface area contributed by atoms with E-state index in [0.717, 1.165) is 40.3 Å². The summed E-state index contributed by atoms with van der Waals surface area (Å²) in [6.45, 7) is 4.29. The van der Waals surface area contributed by atoms with Gasteiger partial charge in [-0.1, -0.05) is 6.92 Å². The molecule has 31 heavy (non-hydrogen) atoms. The maximum Gasteiger partial charge on any atom is 0.162 e. The lowest BCUT2D eigenvalue weighted by Crippen LogP contribution is -2.20. The first kappa shape index (κ1) is 20.6. The molecule has 0 unspecified atom stereocenters. The lowest BCUT2D eigenvalue weighted by atomic mass is 10.0. The molecule has 4 rings (SSSR count). The van der Waals surface area contributed by atoms with Crippen LogP contribution in [0.15, 0.2) is 42.9 Å². The summed E-state index contributed by atoms with van der Waals surface area (Å²) in [6, 6.07) is 7.66. The smallest absolute Gasteiger partial charge is 0.162 e. The summed E-state index contributed by atoms with van der Waals surface area (Å²) >= 11 is 0. The molecule has 160 valence electrons. The Morgan fingerprint density at radius 2 is 1.74 bits per heavy atom. The van der Waals surface area contributed by atoms with Gasteiger partial charge in [0.15, 0.2) is 11.5 Å². The number of aromatic nitrogens is 3. The molecule has 0 bridgehead atoms. The van der Waals surface area contributed by atoms with Crippen molar-refractivity contribution in [3.63, 3.8) is 0 Å². The maximum absolute atomic E-state index is 6.30. The number of likely N-dealkylation sites (N-methyl/N-ethyl adjacent to an activating group) is 1. The van der Waals surface area contributed by atoms with Crippen molar-refractivity contribution in [1.29, 1.82) is 0 Å². The van der Waals surface area contributed by atoms with E-state index in [2.05, 4.69) is 27.2 Å². The second kappa shape index (κ2) is 9.01. The largest absolute Gasteiger partial charge is 0.493 e. The lowest BCUT2D eigenvalue weighted by molar-refractivity contribution is 0.314. The Morgan fingerprint density at radius 1 is 0.935 bits per heavy atom. The van der Waals surface area contributed by atoms with Gasteiger partial charge in [-0.3, -0.25) is 9.97 Å². The van der Waals surface area contributed by atoms with Crippen molar-refractivity contribution in [2.45, 2.75) is 6.92 Å². The fourth-order valence-corrected chi connectivity index (χ4v) is 3.46. The van der Waals surface area contributed by atoms with Crippen LogP contribution in [0.2, 0.25) is 0 Å². The van der Waals surface area contributed by atoms with E-state index in [0.29, 0.717) is 35.4 Å². The van der Waals surface area contributed by atoms with Gasteiger partial charge in [-0.25, -0.2) is 4.98 Å². The number of hydrogen-bond donors (Lipinski definition) is 2. The number of nitrogens with one attached hydrogen (secondary N) is 1. The SMILES string of the molecule is CCNCCOc1cncc(-c2cc3c(cnc4cc(OC)c(OC)cc43)c(N)n2)c1. The van der Waals surface area contributed by atoms with Gasteiger partial charge in [0.05, 0.1) is 31.6 Å². The van der Waals surface area contributed by atoms with Gasteiger partial charge in [0.25, 0.3) is 0 Å². The van der Waals surface area contributed by atoms with E-state index in [-0.39, 0.29) is 0 Å². The summed E-state index contributed by atoms with van der Waals surface area (Å²) in [4.78, 5) is 13.4. The Labute approximate surface area is 180 Å². The third kappa shape index (κ3) is 4.15. The van der Waals surface area contributed by atoms with E-state index in [4.69, 9.17) is 19.9 Å². The zero-order valence-corrected chi connectivity index (χ0v) is 17.8. The van der Waals surface area contributed by atoms with E-state index in [1.807, 2.05) is 24.3 Å². The standard InChI is InChI=1S/C23H25N5O3/c1-4-25-5-6-31-15-7-14(11-26-12-15)19-8-16-17-9-21(29-2)22(30-3)10-20(17)27-13-18(16)23(24)28-19/h7-13,25H,4-6H2,1-3H3,(H2,24,28). The van der Waals surface area contributed by atoms with Gasteiger partial charge in [-0.15, -0.1) is 0 Å². The van der Waals surface area contributed by atoms with E-state index < -0.39 is 0 Å². The van der Waals surface area contributed by atoms with Crippen LogP contribution >= 0.6 is 0 Å². The Kier molecular flexibility index (Phi) is 5.99. The number of anilines is 1. The normalized spacial score (nSPS) is 11.1. The highest BCUT2D eigenvalue weighted by Crippen LogP contribution is 2.37. The molecule has 4 aromatic rings. The summed E-state index contributed by atoms with van der Waals surface area (Å²) in [6.07, 6.45) is 5.17. The molecule has 0 aliphatic heterocycles. The monoisotopic (exact) mass is 419 g/mol. The van der Waals surface area contributed by atoms with Gasteiger partial charge in [-0.05, 0) is 30.1 Å². The van der Waals surface area contributed by atoms with Crippen LogP contribution in [0.3, 0.4) is 0 Å². The highest BCUT2D eigenvalue weighted by atomic mass is 16.5. The molecular formula is C23H25N5O3. The predicted octanol–water partition coefficient (Wildman–Crippen LogP) is 3.43. The van der Waals surface area contributed by atoms with Crippen LogP contribution in [0, 0.1) is 0 Å². The Hall–Kier alpha value is -3.65. The minimum absolute atomic E-state index is 0.398. The molecule has 3 aromatic heterocycles. The molecule has 8 nitrogen and oxygen atoms in total. The van der Waals surface area contributed by atoms with Crippen LogP contribution in [0.5, 0.6) is 17.2 Å². The third-order valence-corrected chi connectivity index (χ3v) is 5.02. The van der Waals surface area contributed by atoms with Crippen LogP contribution in [-0.4, -0.2) is 48.9 Å². The second-order valence-electron chi connectivity index (χ2n) is 6.95. The van der Waals surface area contributed by atoms with Crippen LogP contribution in [0.1, 0.15) is 6.92 Å². The Balaban J connectivity index is 1.80. The third-order valence-electron chi connectivity index (χ3n) is 5.02. The van der Waals surface area contributed by atoms with Crippen LogP contribution in [0.4, 0.5) is 5.82 Å². The molecule has 0 aliphatic carbocycles. The molecule has 0 amide bonds. The zero-order chi connectivity index (χ0) is 21.8. The van der Waals surface area contributed by atoms with Gasteiger partial charge in [0, 0.05) is 41.3 Å². The van der Waals surface area contributed by atoms with Crippen LogP contribution in [-0.2, 0) is 0 Å². The van der Waals surface area contributed by atoms with Gasteiger partial charge in [0.1, 0.15) is 18.2 Å². The second-order valence-corrected chi connectivity index (χ2v) is 6.95. The van der Waals surface area contributed by atoms with Crippen LogP contribution < -0.4 is 25.3 Å². The molecule has 0 fully saturated rings. The molecule has 3 N–H and O–H groups in total. The number of nitrogens with two attached hydrogens (primary N) is 1. The summed E-state index contributed by atoms with van der Waals surface area (Å²) < 4.78 is 16.7. The summed E-state index contributed by atoms with van der Waals surface area (Å²) in [5.74, 6) is 2.33. The molecule has 0 saturated heterocycles. The van der Waals surface area contributed by atoms with Gasteiger partial charge < -0.3 is 25.3 Å². The average Bonchev–Trinajstić information content (AvgIpc) is 2.80. The van der Waals surface area contributed by atoms with Crippen molar-refractivity contribution in [2.75, 3.05) is 39.6 Å². The van der Waals surface area contributed by atoms with Crippen molar-refractivity contribution >= 4 is 27.5 Å². The van der Waals surface area contributed by atoms with Gasteiger partial charge >= 0.3 is 0 Å². The minimum atomic E-state index is 0.398.